The maximum atomic E-state index is 5.82. The molecule has 0 saturated carbocycles. The Hall–Kier alpha value is -2.81. The Morgan fingerprint density at radius 3 is 1.78 bits per heavy atom. The van der Waals surface area contributed by atoms with Crippen LogP contribution in [0, 0.1) is 3.57 Å². The van der Waals surface area contributed by atoms with E-state index in [9.17, 15) is 0 Å². The van der Waals surface area contributed by atoms with Crippen molar-refractivity contribution in [3.63, 3.8) is 0 Å². The molecule has 3 N–H and O–H groups in total. The molecule has 4 heterocycles. The summed E-state index contributed by atoms with van der Waals surface area (Å²) < 4.78 is 17.6. The first-order chi connectivity index (χ1) is 22.0. The van der Waals surface area contributed by atoms with Gasteiger partial charge in [-0.15, -0.1) is 0 Å². The number of ether oxygens (including phenoxy) is 3. The summed E-state index contributed by atoms with van der Waals surface area (Å²) in [6.45, 7) is 12.2. The number of nitrogens with zero attached hydrogens (tertiary/aromatic N) is 5. The van der Waals surface area contributed by atoms with Gasteiger partial charge in [-0.3, -0.25) is 4.90 Å². The van der Waals surface area contributed by atoms with Crippen LogP contribution in [0.4, 0.5) is 11.9 Å². The number of likely N-dealkylation sites (tertiary alicyclic amines) is 1. The zero-order chi connectivity index (χ0) is 31.9. The molecule has 0 radical (unpaired) electrons. The van der Waals surface area contributed by atoms with Crippen molar-refractivity contribution in [2.75, 3.05) is 57.3 Å². The molecular weight excluding hydrogens is 683 g/mol. The molecule has 12 heteroatoms. The molecule has 2 fully saturated rings. The third-order valence-corrected chi connectivity index (χ3v) is 8.99. The lowest BCUT2D eigenvalue weighted by molar-refractivity contribution is 0.0501. The average molecular weight is 733 g/mol. The van der Waals surface area contributed by atoms with Crippen LogP contribution in [-0.2, 0) is 24.1 Å². The van der Waals surface area contributed by atoms with E-state index in [-0.39, 0.29) is 6.79 Å². The van der Waals surface area contributed by atoms with E-state index in [0.717, 1.165) is 104 Å². The standard InChI is InChI=1S/C22H31IN4O3.C11H18N4/c1-4-16-12-24-22(25-13-16)26-18-6-8-27(9-7-18)14-17-10-19(29-5-2)21(23)20(11-17)30-15-28-3;1-2-9-7-13-11(14-8-9)15-10-3-5-12-6-4-10/h10-13,18H,4-9,14-15H2,1-3H3,(H,24,25,26);7-8,10,12H,2-6H2,1H3,(H,13,14,15). The fourth-order valence-corrected chi connectivity index (χ4v) is 5.88. The van der Waals surface area contributed by atoms with Crippen LogP contribution in [0.3, 0.4) is 0 Å². The second-order valence-electron chi connectivity index (χ2n) is 11.3. The summed E-state index contributed by atoms with van der Waals surface area (Å²) in [7, 11) is 1.63. The van der Waals surface area contributed by atoms with E-state index >= 15 is 0 Å². The Morgan fingerprint density at radius 2 is 1.29 bits per heavy atom. The second-order valence-corrected chi connectivity index (χ2v) is 12.4. The highest BCUT2D eigenvalue weighted by atomic mass is 127. The van der Waals surface area contributed by atoms with Gasteiger partial charge in [-0.1, -0.05) is 13.8 Å². The number of aromatic nitrogens is 4. The average Bonchev–Trinajstić information content (AvgIpc) is 3.08. The number of nitrogens with one attached hydrogen (secondary N) is 3. The highest BCUT2D eigenvalue weighted by Crippen LogP contribution is 2.33. The van der Waals surface area contributed by atoms with Crippen molar-refractivity contribution in [3.8, 4) is 11.5 Å². The predicted octanol–water partition coefficient (Wildman–Crippen LogP) is 5.30. The molecule has 11 nitrogen and oxygen atoms in total. The van der Waals surface area contributed by atoms with Crippen LogP contribution in [0.15, 0.2) is 36.9 Å². The molecule has 2 aromatic heterocycles. The first-order valence-corrected chi connectivity index (χ1v) is 17.2. The quantitative estimate of drug-likeness (QED) is 0.157. The first kappa shape index (κ1) is 35.1. The van der Waals surface area contributed by atoms with Gasteiger partial charge in [0.2, 0.25) is 11.9 Å². The van der Waals surface area contributed by atoms with Crippen molar-refractivity contribution in [1.29, 1.82) is 0 Å². The molecule has 0 unspecified atom stereocenters. The zero-order valence-corrected chi connectivity index (χ0v) is 29.3. The maximum Gasteiger partial charge on any atom is 0.222 e. The van der Waals surface area contributed by atoms with Crippen molar-refractivity contribution < 1.29 is 14.2 Å². The van der Waals surface area contributed by atoms with Crippen molar-refractivity contribution in [2.45, 2.75) is 77.9 Å². The van der Waals surface area contributed by atoms with E-state index in [4.69, 9.17) is 14.2 Å². The van der Waals surface area contributed by atoms with E-state index in [2.05, 4.69) is 89.4 Å². The summed E-state index contributed by atoms with van der Waals surface area (Å²) in [6, 6.07) is 5.15. The molecule has 5 rings (SSSR count). The number of halogens is 1. The van der Waals surface area contributed by atoms with E-state index < -0.39 is 0 Å². The van der Waals surface area contributed by atoms with Crippen LogP contribution < -0.4 is 25.4 Å². The number of hydrogen-bond acceptors (Lipinski definition) is 11. The van der Waals surface area contributed by atoms with Gasteiger partial charge in [0.05, 0.1) is 10.2 Å². The molecule has 1 aromatic carbocycles. The van der Waals surface area contributed by atoms with E-state index in [1.54, 1.807) is 7.11 Å². The monoisotopic (exact) mass is 732 g/mol. The number of methoxy groups -OCH3 is 1. The molecule has 2 saturated heterocycles. The Kier molecular flexibility index (Phi) is 14.8. The highest BCUT2D eigenvalue weighted by Gasteiger charge is 2.21. The van der Waals surface area contributed by atoms with Gasteiger partial charge >= 0.3 is 0 Å². The van der Waals surface area contributed by atoms with Crippen molar-refractivity contribution in [1.82, 2.24) is 30.2 Å². The molecule has 0 atom stereocenters. The van der Waals surface area contributed by atoms with Gasteiger partial charge in [-0.05, 0) is 110 Å². The van der Waals surface area contributed by atoms with Gasteiger partial charge in [0.25, 0.3) is 0 Å². The molecule has 0 spiro atoms. The summed E-state index contributed by atoms with van der Waals surface area (Å²) in [5, 5.41) is 10.2. The number of benzene rings is 1. The number of piperidine rings is 2. The Labute approximate surface area is 281 Å². The van der Waals surface area contributed by atoms with Crippen LogP contribution in [0.2, 0.25) is 0 Å². The summed E-state index contributed by atoms with van der Waals surface area (Å²) in [5.41, 5.74) is 3.54. The smallest absolute Gasteiger partial charge is 0.222 e. The molecule has 2 aliphatic rings. The third-order valence-electron chi connectivity index (χ3n) is 7.92. The summed E-state index contributed by atoms with van der Waals surface area (Å²) in [4.78, 5) is 19.9. The summed E-state index contributed by atoms with van der Waals surface area (Å²) >= 11 is 2.27. The zero-order valence-electron chi connectivity index (χ0n) is 27.1. The number of hydrogen-bond donors (Lipinski definition) is 3. The van der Waals surface area contributed by atoms with Crippen LogP contribution in [0.5, 0.6) is 11.5 Å². The van der Waals surface area contributed by atoms with Gasteiger partial charge in [0.15, 0.2) is 6.79 Å². The number of rotatable bonds is 13. The summed E-state index contributed by atoms with van der Waals surface area (Å²) in [5.74, 6) is 3.16. The molecule has 0 bridgehead atoms. The lowest BCUT2D eigenvalue weighted by Crippen LogP contribution is -2.39. The highest BCUT2D eigenvalue weighted by molar-refractivity contribution is 14.1. The lowest BCUT2D eigenvalue weighted by Gasteiger charge is -2.32. The van der Waals surface area contributed by atoms with Gasteiger partial charge in [0.1, 0.15) is 11.5 Å². The van der Waals surface area contributed by atoms with Crippen molar-refractivity contribution in [2.24, 2.45) is 0 Å². The molecule has 246 valence electrons. The number of aryl methyl sites for hydroxylation is 2. The Bertz CT molecular complexity index is 1270. The normalized spacial score (nSPS) is 16.0. The van der Waals surface area contributed by atoms with Gasteiger partial charge < -0.3 is 30.2 Å². The maximum absolute atomic E-state index is 5.82. The Morgan fingerprint density at radius 1 is 0.778 bits per heavy atom. The molecule has 45 heavy (non-hydrogen) atoms. The Balaban J connectivity index is 0.000000256. The lowest BCUT2D eigenvalue weighted by atomic mass is 10.0. The van der Waals surface area contributed by atoms with E-state index in [1.165, 1.54) is 11.1 Å². The molecular formula is C33H49IN8O3. The van der Waals surface area contributed by atoms with Gasteiger partial charge in [0, 0.05) is 63.6 Å². The largest absolute Gasteiger partial charge is 0.493 e. The van der Waals surface area contributed by atoms with Crippen LogP contribution in [0.25, 0.3) is 0 Å². The molecule has 3 aromatic rings. The topological polar surface area (TPSA) is 119 Å². The molecule has 0 amide bonds. The van der Waals surface area contributed by atoms with Gasteiger partial charge in [-0.25, -0.2) is 19.9 Å². The van der Waals surface area contributed by atoms with Crippen molar-refractivity contribution >= 4 is 34.5 Å². The fraction of sp³-hybridized carbons (Fsp3) is 0.576. The van der Waals surface area contributed by atoms with Gasteiger partial charge in [-0.2, -0.15) is 0 Å². The summed E-state index contributed by atoms with van der Waals surface area (Å²) in [6.07, 6.45) is 14.0. The third kappa shape index (κ3) is 11.5. The molecule has 0 aliphatic carbocycles. The van der Waals surface area contributed by atoms with Crippen LogP contribution in [0.1, 0.15) is 63.1 Å². The second kappa shape index (κ2) is 19.0. The fourth-order valence-electron chi connectivity index (χ4n) is 5.25. The minimum Gasteiger partial charge on any atom is -0.493 e. The van der Waals surface area contributed by atoms with Crippen LogP contribution in [-0.4, -0.2) is 83.6 Å². The molecule has 2 aliphatic heterocycles. The van der Waals surface area contributed by atoms with Crippen molar-refractivity contribution in [3.05, 3.63) is 57.2 Å². The first-order valence-electron chi connectivity index (χ1n) is 16.2. The SMILES string of the molecule is CCOc1cc(CN2CCC(Nc3ncc(CC)cn3)CC2)cc(OCOC)c1I.CCc1cnc(NC2CCNCC2)nc1. The minimum absolute atomic E-state index is 0.226. The van der Waals surface area contributed by atoms with E-state index in [1.807, 2.05) is 31.7 Å². The number of anilines is 2. The van der Waals surface area contributed by atoms with E-state index in [0.29, 0.717) is 18.7 Å². The van der Waals surface area contributed by atoms with Crippen LogP contribution >= 0.6 is 22.6 Å². The predicted molar refractivity (Wildman–Crippen MR) is 187 cm³/mol. The minimum atomic E-state index is 0.226.